The second-order valence-electron chi connectivity index (χ2n) is 10.8. The first-order valence-electron chi connectivity index (χ1n) is 13.8. The number of pyridine rings is 1. The fraction of sp³-hybridized carbons (Fsp3) is 0.393. The Bertz CT molecular complexity index is 1840. The van der Waals surface area contributed by atoms with E-state index in [4.69, 9.17) is 26.4 Å². The second-order valence-corrected chi connectivity index (χ2v) is 11.2. The van der Waals surface area contributed by atoms with Crippen molar-refractivity contribution in [1.82, 2.24) is 39.0 Å². The zero-order valence-electron chi connectivity index (χ0n) is 22.8. The van der Waals surface area contributed by atoms with E-state index < -0.39 is 5.82 Å². The van der Waals surface area contributed by atoms with Crippen molar-refractivity contribution >= 4 is 40.2 Å². The molecular formula is C28H27ClFN9O3. The van der Waals surface area contributed by atoms with Crippen LogP contribution in [0.25, 0.3) is 11.2 Å². The number of imidazole rings is 2. The number of aromatic nitrogens is 8. The van der Waals surface area contributed by atoms with Gasteiger partial charge in [0.05, 0.1) is 66.1 Å². The zero-order valence-corrected chi connectivity index (χ0v) is 23.5. The molecule has 1 saturated carbocycles. The summed E-state index contributed by atoms with van der Waals surface area (Å²) in [5.74, 6) is -0.715. The van der Waals surface area contributed by atoms with Crippen LogP contribution in [0.15, 0.2) is 37.1 Å². The highest BCUT2D eigenvalue weighted by Crippen LogP contribution is 2.41. The topological polar surface area (TPSA) is 125 Å². The first kappa shape index (κ1) is 26.5. The van der Waals surface area contributed by atoms with Gasteiger partial charge in [-0.25, -0.2) is 23.6 Å². The lowest BCUT2D eigenvalue weighted by atomic mass is 10.1. The number of hydrogen-bond donors (Lipinski definition) is 0. The molecule has 0 aromatic carbocycles. The van der Waals surface area contributed by atoms with Crippen LogP contribution < -0.4 is 4.90 Å². The van der Waals surface area contributed by atoms with E-state index in [9.17, 15) is 14.0 Å². The summed E-state index contributed by atoms with van der Waals surface area (Å²) in [4.78, 5) is 36.3. The maximum absolute atomic E-state index is 14.5. The number of esters is 1. The van der Waals surface area contributed by atoms with Crippen molar-refractivity contribution in [3.05, 3.63) is 70.7 Å². The minimum absolute atomic E-state index is 0.00219. The van der Waals surface area contributed by atoms with Gasteiger partial charge in [-0.15, -0.1) is 5.10 Å². The lowest BCUT2D eigenvalue weighted by Crippen LogP contribution is -2.24. The van der Waals surface area contributed by atoms with Gasteiger partial charge in [-0.2, -0.15) is 5.10 Å². The number of carbonyl (C=O) groups excluding carboxylic acids is 2. The van der Waals surface area contributed by atoms with Crippen LogP contribution in [0.3, 0.4) is 0 Å². The number of aryl methyl sites for hydroxylation is 1. The van der Waals surface area contributed by atoms with Crippen LogP contribution in [-0.4, -0.2) is 70.9 Å². The molecule has 14 heteroatoms. The Morgan fingerprint density at radius 3 is 2.88 bits per heavy atom. The van der Waals surface area contributed by atoms with Gasteiger partial charge in [0.25, 0.3) is 0 Å². The maximum Gasteiger partial charge on any atom is 0.310 e. The Hall–Kier alpha value is -4.39. The molecule has 0 bridgehead atoms. The number of hydrogen-bond acceptors (Lipinski definition) is 9. The third kappa shape index (κ3) is 4.87. The second kappa shape index (κ2) is 10.5. The van der Waals surface area contributed by atoms with Crippen LogP contribution in [0, 0.1) is 11.7 Å². The fourth-order valence-electron chi connectivity index (χ4n) is 5.55. The molecule has 1 aliphatic heterocycles. The molecule has 1 unspecified atom stereocenters. The van der Waals surface area contributed by atoms with Crippen molar-refractivity contribution in [3.63, 3.8) is 0 Å². The molecule has 12 nitrogen and oxygen atoms in total. The number of rotatable bonds is 9. The molecular weight excluding hydrogens is 565 g/mol. The number of carbonyl (C=O) groups is 2. The molecule has 216 valence electrons. The predicted molar refractivity (Wildman–Crippen MR) is 149 cm³/mol. The predicted octanol–water partition coefficient (Wildman–Crippen LogP) is 3.50. The van der Waals surface area contributed by atoms with E-state index in [1.807, 2.05) is 6.20 Å². The quantitative estimate of drug-likeness (QED) is 0.187. The van der Waals surface area contributed by atoms with Crippen molar-refractivity contribution in [2.45, 2.75) is 44.6 Å². The third-order valence-electron chi connectivity index (χ3n) is 7.94. The molecule has 0 amide bonds. The Labute approximate surface area is 244 Å². The highest BCUT2D eigenvalue weighted by atomic mass is 35.5. The molecule has 7 rings (SSSR count). The molecule has 2 aliphatic rings. The van der Waals surface area contributed by atoms with Crippen molar-refractivity contribution in [3.8, 4) is 0 Å². The van der Waals surface area contributed by atoms with Crippen LogP contribution in [-0.2, 0) is 22.5 Å². The number of fused-ring (bicyclic) bond motifs is 2. The molecule has 0 N–H and O–H groups in total. The van der Waals surface area contributed by atoms with Crippen molar-refractivity contribution < 1.29 is 18.7 Å². The van der Waals surface area contributed by atoms with E-state index in [0.29, 0.717) is 36.0 Å². The molecule has 0 spiro atoms. The average molecular weight is 592 g/mol. The maximum atomic E-state index is 14.5. The summed E-state index contributed by atoms with van der Waals surface area (Å²) in [5.41, 5.74) is 4.30. The van der Waals surface area contributed by atoms with Gasteiger partial charge in [-0.1, -0.05) is 16.8 Å². The van der Waals surface area contributed by atoms with Crippen LogP contribution in [0.5, 0.6) is 0 Å². The monoisotopic (exact) mass is 591 g/mol. The number of methoxy groups -OCH3 is 1. The van der Waals surface area contributed by atoms with Gasteiger partial charge in [0, 0.05) is 31.6 Å². The molecule has 1 saturated heterocycles. The van der Waals surface area contributed by atoms with E-state index in [1.54, 1.807) is 26.0 Å². The highest BCUT2D eigenvalue weighted by molar-refractivity contribution is 6.31. The lowest BCUT2D eigenvalue weighted by Gasteiger charge is -2.19. The van der Waals surface area contributed by atoms with Gasteiger partial charge >= 0.3 is 5.97 Å². The largest absolute Gasteiger partial charge is 0.469 e. The molecule has 1 aliphatic carbocycles. The van der Waals surface area contributed by atoms with Crippen LogP contribution >= 0.6 is 11.6 Å². The number of Topliss-reactive ketones (excluding diaryl/α,β-unsaturated/α-hetero) is 1. The highest BCUT2D eigenvalue weighted by Gasteiger charge is 2.33. The van der Waals surface area contributed by atoms with Gasteiger partial charge in [0.1, 0.15) is 11.2 Å². The first-order valence-corrected chi connectivity index (χ1v) is 14.2. The van der Waals surface area contributed by atoms with Gasteiger partial charge in [0.2, 0.25) is 0 Å². The molecule has 0 radical (unpaired) electrons. The standard InChI is InChI=1S/C28H27ClFN9O3/c1-42-28(41)17-6-8-36(11-17)23-10-21(16-2-3-16)34-39-13-18(32-27(23)39)12-38-14-22(33-35-38)24(40)5-4-20-26-25(30)19(29)7-9-37(26)15-31-20/h7,9-10,13-17H,2-6,8,11-12H2,1H3. The van der Waals surface area contributed by atoms with Gasteiger partial charge < -0.3 is 14.0 Å². The third-order valence-corrected chi connectivity index (χ3v) is 8.23. The van der Waals surface area contributed by atoms with Crippen LogP contribution in [0.1, 0.15) is 59.2 Å². The fourth-order valence-corrected chi connectivity index (χ4v) is 5.70. The SMILES string of the molecule is COC(=O)C1CCN(c2cc(C3CC3)nn3cc(Cn4cc(C(=O)CCc5ncn6ccc(Cl)c(F)c56)nn4)nc23)C1. The van der Waals surface area contributed by atoms with E-state index in [1.165, 1.54) is 19.5 Å². The molecule has 42 heavy (non-hydrogen) atoms. The lowest BCUT2D eigenvalue weighted by molar-refractivity contribution is -0.144. The zero-order chi connectivity index (χ0) is 29.0. The number of halogens is 2. The summed E-state index contributed by atoms with van der Waals surface area (Å²) in [5, 5.41) is 13.0. The smallest absolute Gasteiger partial charge is 0.310 e. The van der Waals surface area contributed by atoms with Gasteiger partial charge in [-0.05, 0) is 37.8 Å². The molecule has 5 aromatic rings. The number of nitrogens with zero attached hydrogens (tertiary/aromatic N) is 9. The van der Waals surface area contributed by atoms with Crippen LogP contribution in [0.4, 0.5) is 10.1 Å². The van der Waals surface area contributed by atoms with Crippen molar-refractivity contribution in [2.75, 3.05) is 25.1 Å². The van der Waals surface area contributed by atoms with E-state index in [2.05, 4.69) is 26.3 Å². The summed E-state index contributed by atoms with van der Waals surface area (Å²) >= 11 is 5.92. The minimum atomic E-state index is -0.563. The van der Waals surface area contributed by atoms with E-state index in [-0.39, 0.29) is 46.7 Å². The molecule has 1 atom stereocenters. The summed E-state index contributed by atoms with van der Waals surface area (Å²) in [6.07, 6.45) is 9.84. The van der Waals surface area contributed by atoms with Crippen LogP contribution in [0.2, 0.25) is 5.02 Å². The Morgan fingerprint density at radius 2 is 2.07 bits per heavy atom. The Balaban J connectivity index is 1.08. The number of ether oxygens (including phenoxy) is 1. The number of ketones is 1. The average Bonchev–Trinajstić information content (AvgIpc) is 3.36. The van der Waals surface area contributed by atoms with Gasteiger partial charge in [-0.3, -0.25) is 9.59 Å². The van der Waals surface area contributed by atoms with E-state index >= 15 is 0 Å². The van der Waals surface area contributed by atoms with Crippen molar-refractivity contribution in [1.29, 1.82) is 0 Å². The normalized spacial score (nSPS) is 17.0. The first-order chi connectivity index (χ1) is 20.4. The summed E-state index contributed by atoms with van der Waals surface area (Å²) in [6, 6.07) is 3.55. The Kier molecular flexibility index (Phi) is 6.60. The molecule has 5 aromatic heterocycles. The summed E-state index contributed by atoms with van der Waals surface area (Å²) in [6.45, 7) is 1.60. The van der Waals surface area contributed by atoms with Gasteiger partial charge in [0.15, 0.2) is 17.2 Å². The summed E-state index contributed by atoms with van der Waals surface area (Å²) < 4.78 is 24.4. The summed E-state index contributed by atoms with van der Waals surface area (Å²) in [7, 11) is 1.42. The van der Waals surface area contributed by atoms with Crippen molar-refractivity contribution in [2.24, 2.45) is 5.92 Å². The minimum Gasteiger partial charge on any atom is -0.469 e. The number of anilines is 1. The molecule has 2 fully saturated rings. The van der Waals surface area contributed by atoms with E-state index in [0.717, 1.165) is 37.2 Å². The Morgan fingerprint density at radius 1 is 1.21 bits per heavy atom. The molecule has 6 heterocycles.